The van der Waals surface area contributed by atoms with Crippen molar-refractivity contribution >= 4 is 22.4 Å². The van der Waals surface area contributed by atoms with Crippen LogP contribution in [0.2, 0.25) is 0 Å². The molecule has 0 saturated heterocycles. The third-order valence-electron chi connectivity index (χ3n) is 6.12. The SMILES string of the molecule is Cc1cccc(-c2cccc(N(CC3CC3)c3cc(=O)n(C)c4ccc(C#N)nc34)c2)c1. The van der Waals surface area contributed by atoms with E-state index in [-0.39, 0.29) is 5.56 Å². The van der Waals surface area contributed by atoms with Gasteiger partial charge in [-0.3, -0.25) is 4.79 Å². The lowest BCUT2D eigenvalue weighted by Gasteiger charge is -2.27. The quantitative estimate of drug-likeness (QED) is 0.438. The lowest BCUT2D eigenvalue weighted by molar-refractivity contribution is 0.811. The first-order valence-electron chi connectivity index (χ1n) is 10.9. The summed E-state index contributed by atoms with van der Waals surface area (Å²) in [5, 5.41) is 9.41. The van der Waals surface area contributed by atoms with Crippen LogP contribution in [-0.2, 0) is 7.05 Å². The molecular formula is C27H24N4O. The van der Waals surface area contributed by atoms with E-state index in [9.17, 15) is 10.1 Å². The minimum Gasteiger partial charge on any atom is -0.339 e. The molecule has 1 aliphatic carbocycles. The average molecular weight is 421 g/mol. The van der Waals surface area contributed by atoms with E-state index in [0.717, 1.165) is 34.6 Å². The Balaban J connectivity index is 1.70. The van der Waals surface area contributed by atoms with E-state index in [1.165, 1.54) is 18.4 Å². The van der Waals surface area contributed by atoms with E-state index >= 15 is 0 Å². The largest absolute Gasteiger partial charge is 0.339 e. The fourth-order valence-corrected chi connectivity index (χ4v) is 4.16. The Hall–Kier alpha value is -3.91. The van der Waals surface area contributed by atoms with Crippen molar-refractivity contribution in [2.75, 3.05) is 11.4 Å². The molecule has 2 aromatic heterocycles. The summed E-state index contributed by atoms with van der Waals surface area (Å²) in [7, 11) is 1.74. The highest BCUT2D eigenvalue weighted by Gasteiger charge is 2.27. The van der Waals surface area contributed by atoms with Crippen LogP contribution in [-0.4, -0.2) is 16.1 Å². The van der Waals surface area contributed by atoms with Gasteiger partial charge in [0.05, 0.1) is 11.2 Å². The lowest BCUT2D eigenvalue weighted by Crippen LogP contribution is -2.25. The highest BCUT2D eigenvalue weighted by atomic mass is 16.1. The zero-order chi connectivity index (χ0) is 22.2. The number of fused-ring (bicyclic) bond motifs is 1. The van der Waals surface area contributed by atoms with Crippen LogP contribution in [0, 0.1) is 24.2 Å². The Labute approximate surface area is 187 Å². The van der Waals surface area contributed by atoms with Crippen LogP contribution in [0.5, 0.6) is 0 Å². The van der Waals surface area contributed by atoms with Crippen molar-refractivity contribution in [3.63, 3.8) is 0 Å². The number of hydrogen-bond acceptors (Lipinski definition) is 4. The molecule has 1 aliphatic rings. The molecule has 0 aliphatic heterocycles. The second kappa shape index (κ2) is 7.97. The van der Waals surface area contributed by atoms with Gasteiger partial charge in [-0.05, 0) is 61.1 Å². The molecular weight excluding hydrogens is 396 g/mol. The van der Waals surface area contributed by atoms with Gasteiger partial charge in [0.25, 0.3) is 5.56 Å². The van der Waals surface area contributed by atoms with Gasteiger partial charge in [-0.2, -0.15) is 5.26 Å². The van der Waals surface area contributed by atoms with Crippen molar-refractivity contribution < 1.29 is 0 Å². The highest BCUT2D eigenvalue weighted by Crippen LogP contribution is 2.38. The summed E-state index contributed by atoms with van der Waals surface area (Å²) in [6, 6.07) is 24.1. The maximum absolute atomic E-state index is 12.8. The summed E-state index contributed by atoms with van der Waals surface area (Å²) in [6.07, 6.45) is 2.38. The van der Waals surface area contributed by atoms with Gasteiger partial charge in [0.15, 0.2) is 0 Å². The molecule has 5 heteroatoms. The van der Waals surface area contributed by atoms with Gasteiger partial charge < -0.3 is 9.47 Å². The van der Waals surface area contributed by atoms with E-state index < -0.39 is 0 Å². The van der Waals surface area contributed by atoms with E-state index in [0.29, 0.717) is 17.1 Å². The molecule has 158 valence electrons. The summed E-state index contributed by atoms with van der Waals surface area (Å²) >= 11 is 0. The zero-order valence-electron chi connectivity index (χ0n) is 18.2. The molecule has 0 unspecified atom stereocenters. The van der Waals surface area contributed by atoms with Gasteiger partial charge in [-0.15, -0.1) is 0 Å². The monoisotopic (exact) mass is 420 g/mol. The topological polar surface area (TPSA) is 61.9 Å². The van der Waals surface area contributed by atoms with Crippen LogP contribution in [0.25, 0.3) is 22.2 Å². The molecule has 1 saturated carbocycles. The van der Waals surface area contributed by atoms with Gasteiger partial charge in [0, 0.05) is 25.3 Å². The Morgan fingerprint density at radius 1 is 1.06 bits per heavy atom. The number of anilines is 2. The summed E-state index contributed by atoms with van der Waals surface area (Å²) in [6.45, 7) is 2.91. The summed E-state index contributed by atoms with van der Waals surface area (Å²) in [4.78, 5) is 19.6. The summed E-state index contributed by atoms with van der Waals surface area (Å²) in [5.41, 5.74) is 6.95. The van der Waals surface area contributed by atoms with Crippen molar-refractivity contribution in [1.29, 1.82) is 5.26 Å². The first-order valence-corrected chi connectivity index (χ1v) is 10.9. The number of nitrogens with zero attached hydrogens (tertiary/aromatic N) is 4. The first kappa shape index (κ1) is 20.0. The number of pyridine rings is 2. The van der Waals surface area contributed by atoms with E-state index in [4.69, 9.17) is 0 Å². The maximum atomic E-state index is 12.8. The molecule has 5 rings (SSSR count). The van der Waals surface area contributed by atoms with Crippen molar-refractivity contribution in [2.45, 2.75) is 19.8 Å². The van der Waals surface area contributed by atoms with Crippen molar-refractivity contribution in [3.8, 4) is 17.2 Å². The molecule has 0 bridgehead atoms. The Kier molecular flexibility index (Phi) is 4.99. The molecule has 5 nitrogen and oxygen atoms in total. The van der Waals surface area contributed by atoms with Crippen LogP contribution in [0.15, 0.2) is 71.5 Å². The number of aryl methyl sites for hydroxylation is 2. The van der Waals surface area contributed by atoms with Gasteiger partial charge in [-0.25, -0.2) is 4.98 Å². The van der Waals surface area contributed by atoms with Gasteiger partial charge >= 0.3 is 0 Å². The van der Waals surface area contributed by atoms with Crippen LogP contribution in [0.3, 0.4) is 0 Å². The normalized spacial score (nSPS) is 13.2. The molecule has 32 heavy (non-hydrogen) atoms. The fraction of sp³-hybridized carbons (Fsp3) is 0.222. The van der Waals surface area contributed by atoms with Crippen LogP contribution in [0.1, 0.15) is 24.1 Å². The first-order chi connectivity index (χ1) is 15.5. The number of hydrogen-bond donors (Lipinski definition) is 0. The zero-order valence-corrected chi connectivity index (χ0v) is 18.2. The molecule has 1 fully saturated rings. The minimum absolute atomic E-state index is 0.0883. The molecule has 0 spiro atoms. The van der Waals surface area contributed by atoms with E-state index in [1.54, 1.807) is 23.7 Å². The number of rotatable bonds is 5. The Morgan fingerprint density at radius 2 is 1.81 bits per heavy atom. The van der Waals surface area contributed by atoms with E-state index in [1.807, 2.05) is 6.07 Å². The molecule has 4 aromatic rings. The predicted molar refractivity (Wildman–Crippen MR) is 128 cm³/mol. The fourth-order valence-electron chi connectivity index (χ4n) is 4.16. The third kappa shape index (κ3) is 3.76. The number of aromatic nitrogens is 2. The van der Waals surface area contributed by atoms with Crippen molar-refractivity contribution in [2.24, 2.45) is 13.0 Å². The summed E-state index contributed by atoms with van der Waals surface area (Å²) < 4.78 is 1.59. The predicted octanol–water partition coefficient (Wildman–Crippen LogP) is 5.33. The van der Waals surface area contributed by atoms with Crippen molar-refractivity contribution in [3.05, 3.63) is 88.3 Å². The molecule has 0 N–H and O–H groups in total. The van der Waals surface area contributed by atoms with Crippen LogP contribution < -0.4 is 10.5 Å². The second-order valence-corrected chi connectivity index (χ2v) is 8.58. The van der Waals surface area contributed by atoms with Crippen molar-refractivity contribution in [1.82, 2.24) is 9.55 Å². The molecule has 0 amide bonds. The number of benzene rings is 2. The molecule has 2 heterocycles. The minimum atomic E-state index is -0.0883. The molecule has 0 atom stereocenters. The standard InChI is InChI=1S/C27H24N4O/c1-18-5-3-6-20(13-18)21-7-4-8-23(14-21)31(17-19-9-10-19)25-15-26(32)30(2)24-12-11-22(16-28)29-27(24)25/h3-8,11-15,19H,9-10,17H2,1-2H3. The van der Waals surface area contributed by atoms with Gasteiger partial charge in [0.2, 0.25) is 0 Å². The Morgan fingerprint density at radius 3 is 2.53 bits per heavy atom. The number of nitriles is 1. The third-order valence-corrected chi connectivity index (χ3v) is 6.12. The Bertz CT molecular complexity index is 1430. The van der Waals surface area contributed by atoms with Crippen LogP contribution >= 0.6 is 0 Å². The summed E-state index contributed by atoms with van der Waals surface area (Å²) in [5.74, 6) is 0.593. The van der Waals surface area contributed by atoms with E-state index in [2.05, 4.69) is 71.4 Å². The molecule has 2 aromatic carbocycles. The second-order valence-electron chi connectivity index (χ2n) is 8.58. The van der Waals surface area contributed by atoms with Crippen LogP contribution in [0.4, 0.5) is 11.4 Å². The average Bonchev–Trinajstić information content (AvgIpc) is 3.64. The lowest BCUT2D eigenvalue weighted by atomic mass is 10.0. The maximum Gasteiger partial charge on any atom is 0.252 e. The van der Waals surface area contributed by atoms with Gasteiger partial charge in [-0.1, -0.05) is 42.0 Å². The highest BCUT2D eigenvalue weighted by molar-refractivity contribution is 5.91. The van der Waals surface area contributed by atoms with Gasteiger partial charge in [0.1, 0.15) is 17.3 Å². The smallest absolute Gasteiger partial charge is 0.252 e. The molecule has 0 radical (unpaired) electrons.